The van der Waals surface area contributed by atoms with E-state index in [4.69, 9.17) is 9.47 Å². The van der Waals surface area contributed by atoms with E-state index in [-0.39, 0.29) is 0 Å². The molecule has 0 bridgehead atoms. The summed E-state index contributed by atoms with van der Waals surface area (Å²) < 4.78 is 11.2. The first-order valence-electron chi connectivity index (χ1n) is 8.83. The van der Waals surface area contributed by atoms with Crippen LogP contribution in [0.5, 0.6) is 11.5 Å². The highest BCUT2D eigenvalue weighted by atomic mass is 16.6. The fraction of sp³-hybridized carbons (Fsp3) is 0.136. The summed E-state index contributed by atoms with van der Waals surface area (Å²) in [4.78, 5) is 12.3. The molecule has 0 atom stereocenters. The number of hydrogen-bond acceptors (Lipinski definition) is 5. The molecule has 0 aliphatic heterocycles. The van der Waals surface area contributed by atoms with Crippen LogP contribution < -0.4 is 20.3 Å². The number of carbonyl (C=O) groups excluding carboxylic acids is 1. The first-order chi connectivity index (χ1) is 13.3. The standard InChI is InChI=1S/C22H22N2O3/c1-2-26-21-15-17(16-23-24-19-11-7-4-8-12-19)13-14-20(21)27-22(25)18-9-5-3-6-10-18/h3-15,23-24H,2,16H2,1H3. The van der Waals surface area contributed by atoms with Crippen LogP contribution >= 0.6 is 0 Å². The van der Waals surface area contributed by atoms with Crippen LogP contribution in [-0.2, 0) is 6.54 Å². The Labute approximate surface area is 158 Å². The molecule has 0 aromatic heterocycles. The molecule has 0 radical (unpaired) electrons. The molecule has 0 amide bonds. The predicted molar refractivity (Wildman–Crippen MR) is 106 cm³/mol. The fourth-order valence-corrected chi connectivity index (χ4v) is 2.52. The number of hydrogen-bond donors (Lipinski definition) is 2. The minimum atomic E-state index is -0.409. The van der Waals surface area contributed by atoms with E-state index >= 15 is 0 Å². The van der Waals surface area contributed by atoms with Crippen molar-refractivity contribution in [2.24, 2.45) is 0 Å². The topological polar surface area (TPSA) is 59.6 Å². The summed E-state index contributed by atoms with van der Waals surface area (Å²) in [6.45, 7) is 2.96. The van der Waals surface area contributed by atoms with E-state index in [0.717, 1.165) is 11.3 Å². The first kappa shape index (κ1) is 18.5. The van der Waals surface area contributed by atoms with Gasteiger partial charge in [-0.1, -0.05) is 42.5 Å². The molecule has 3 aromatic carbocycles. The lowest BCUT2D eigenvalue weighted by Crippen LogP contribution is -2.20. The Morgan fingerprint density at radius 3 is 2.30 bits per heavy atom. The molecule has 5 nitrogen and oxygen atoms in total. The second-order valence-electron chi connectivity index (χ2n) is 5.81. The van der Waals surface area contributed by atoms with Gasteiger partial charge in [0.15, 0.2) is 11.5 Å². The smallest absolute Gasteiger partial charge is 0.343 e. The highest BCUT2D eigenvalue weighted by molar-refractivity contribution is 5.91. The Morgan fingerprint density at radius 2 is 1.59 bits per heavy atom. The maximum absolute atomic E-state index is 12.3. The number of rotatable bonds is 8. The van der Waals surface area contributed by atoms with Crippen LogP contribution in [0.1, 0.15) is 22.8 Å². The Morgan fingerprint density at radius 1 is 0.889 bits per heavy atom. The Balaban J connectivity index is 1.66. The van der Waals surface area contributed by atoms with Gasteiger partial charge in [-0.3, -0.25) is 0 Å². The van der Waals surface area contributed by atoms with Crippen molar-refractivity contribution in [3.05, 3.63) is 90.0 Å². The van der Waals surface area contributed by atoms with Gasteiger partial charge in [0.25, 0.3) is 0 Å². The average molecular weight is 362 g/mol. The Bertz CT molecular complexity index is 867. The molecule has 5 heteroatoms. The maximum Gasteiger partial charge on any atom is 0.343 e. The van der Waals surface area contributed by atoms with Gasteiger partial charge in [-0.15, -0.1) is 0 Å². The first-order valence-corrected chi connectivity index (χ1v) is 8.83. The van der Waals surface area contributed by atoms with Crippen molar-refractivity contribution in [1.29, 1.82) is 0 Å². The average Bonchev–Trinajstić information content (AvgIpc) is 2.71. The van der Waals surface area contributed by atoms with Gasteiger partial charge in [0.2, 0.25) is 0 Å². The summed E-state index contributed by atoms with van der Waals surface area (Å²) in [5, 5.41) is 0. The van der Waals surface area contributed by atoms with Crippen molar-refractivity contribution in [2.75, 3.05) is 12.0 Å². The molecule has 0 unspecified atom stereocenters. The molecule has 3 aromatic rings. The Hall–Kier alpha value is -3.31. The second kappa shape index (κ2) is 9.40. The maximum atomic E-state index is 12.3. The SMILES string of the molecule is CCOc1cc(CNNc2ccccc2)ccc1OC(=O)c1ccccc1. The van der Waals surface area contributed by atoms with E-state index in [1.807, 2.05) is 55.5 Å². The monoisotopic (exact) mass is 362 g/mol. The quantitative estimate of drug-likeness (QED) is 0.353. The van der Waals surface area contributed by atoms with Gasteiger partial charge >= 0.3 is 5.97 Å². The van der Waals surface area contributed by atoms with E-state index in [9.17, 15) is 4.79 Å². The zero-order chi connectivity index (χ0) is 18.9. The molecule has 2 N–H and O–H groups in total. The van der Waals surface area contributed by atoms with Gasteiger partial charge in [-0.2, -0.15) is 0 Å². The van der Waals surface area contributed by atoms with Crippen LogP contribution in [0, 0.1) is 0 Å². The van der Waals surface area contributed by atoms with Crippen molar-refractivity contribution in [2.45, 2.75) is 13.5 Å². The van der Waals surface area contributed by atoms with Crippen molar-refractivity contribution in [3.63, 3.8) is 0 Å². The molecule has 0 spiro atoms. The number of esters is 1. The fourth-order valence-electron chi connectivity index (χ4n) is 2.52. The van der Waals surface area contributed by atoms with Gasteiger partial charge < -0.3 is 14.9 Å². The predicted octanol–water partition coefficient (Wildman–Crippen LogP) is 4.42. The third-order valence-corrected chi connectivity index (χ3v) is 3.82. The van der Waals surface area contributed by atoms with E-state index in [1.165, 1.54) is 0 Å². The molecule has 0 fully saturated rings. The van der Waals surface area contributed by atoms with Crippen LogP contribution in [0.25, 0.3) is 0 Å². The lowest BCUT2D eigenvalue weighted by Gasteiger charge is -2.13. The minimum absolute atomic E-state index is 0.408. The van der Waals surface area contributed by atoms with E-state index in [0.29, 0.717) is 30.2 Å². The molecule has 0 heterocycles. The van der Waals surface area contributed by atoms with Crippen LogP contribution in [0.2, 0.25) is 0 Å². The number of ether oxygens (including phenoxy) is 2. The number of benzene rings is 3. The summed E-state index contributed by atoms with van der Waals surface area (Å²) in [7, 11) is 0. The highest BCUT2D eigenvalue weighted by Gasteiger charge is 2.13. The van der Waals surface area contributed by atoms with Gasteiger partial charge in [-0.05, 0) is 48.9 Å². The number of para-hydroxylation sites is 1. The summed E-state index contributed by atoms with van der Waals surface area (Å²) >= 11 is 0. The van der Waals surface area contributed by atoms with Crippen LogP contribution in [0.3, 0.4) is 0 Å². The molecule has 0 aliphatic carbocycles. The van der Waals surface area contributed by atoms with Gasteiger partial charge in [0.1, 0.15) is 0 Å². The zero-order valence-electron chi connectivity index (χ0n) is 15.1. The van der Waals surface area contributed by atoms with Crippen LogP contribution in [0.15, 0.2) is 78.9 Å². The van der Waals surface area contributed by atoms with Gasteiger partial charge in [-0.25, -0.2) is 10.2 Å². The van der Waals surface area contributed by atoms with Crippen LogP contribution in [-0.4, -0.2) is 12.6 Å². The molecule has 27 heavy (non-hydrogen) atoms. The van der Waals surface area contributed by atoms with Crippen LogP contribution in [0.4, 0.5) is 5.69 Å². The highest BCUT2D eigenvalue weighted by Crippen LogP contribution is 2.29. The largest absolute Gasteiger partial charge is 0.490 e. The summed E-state index contributed by atoms with van der Waals surface area (Å²) in [5.74, 6) is 0.541. The summed E-state index contributed by atoms with van der Waals surface area (Å²) in [6.07, 6.45) is 0. The molecule has 138 valence electrons. The molecule has 0 aliphatic rings. The third kappa shape index (κ3) is 5.33. The molecular formula is C22H22N2O3. The van der Waals surface area contributed by atoms with Crippen molar-refractivity contribution >= 4 is 11.7 Å². The summed E-state index contributed by atoms with van der Waals surface area (Å²) in [5.41, 5.74) is 8.78. The normalized spacial score (nSPS) is 10.3. The number of nitrogens with one attached hydrogen (secondary N) is 2. The lowest BCUT2D eigenvalue weighted by atomic mass is 10.2. The van der Waals surface area contributed by atoms with Crippen molar-refractivity contribution in [3.8, 4) is 11.5 Å². The lowest BCUT2D eigenvalue weighted by molar-refractivity contribution is 0.0728. The van der Waals surface area contributed by atoms with E-state index in [2.05, 4.69) is 10.9 Å². The third-order valence-electron chi connectivity index (χ3n) is 3.82. The van der Waals surface area contributed by atoms with Gasteiger partial charge in [0, 0.05) is 12.2 Å². The van der Waals surface area contributed by atoms with Gasteiger partial charge in [0.05, 0.1) is 12.2 Å². The van der Waals surface area contributed by atoms with E-state index in [1.54, 1.807) is 30.3 Å². The molecular weight excluding hydrogens is 340 g/mol. The van der Waals surface area contributed by atoms with Crippen molar-refractivity contribution < 1.29 is 14.3 Å². The number of anilines is 1. The number of carbonyl (C=O) groups is 1. The Kier molecular flexibility index (Phi) is 6.44. The summed E-state index contributed by atoms with van der Waals surface area (Å²) in [6, 6.07) is 24.3. The molecule has 0 saturated carbocycles. The van der Waals surface area contributed by atoms with E-state index < -0.39 is 5.97 Å². The molecule has 0 saturated heterocycles. The molecule has 3 rings (SSSR count). The minimum Gasteiger partial charge on any atom is -0.490 e. The second-order valence-corrected chi connectivity index (χ2v) is 5.81. The van der Waals surface area contributed by atoms with Crippen molar-refractivity contribution in [1.82, 2.24) is 5.43 Å². The zero-order valence-corrected chi connectivity index (χ0v) is 15.1. The number of hydrazine groups is 1.